The maximum absolute atomic E-state index is 10.7. The number of hydrogen-bond donors (Lipinski definition) is 2. The van der Waals surface area contributed by atoms with Gasteiger partial charge in [0.1, 0.15) is 0 Å². The van der Waals surface area contributed by atoms with Crippen molar-refractivity contribution < 1.29 is 9.90 Å². The Balaban J connectivity index is 2.04. The standard InChI is InChI=1S/C9H12N2O2S2/c1-6-3-14-8(11-6)15-9(2-7(12)13)4-10-5-9/h3,10H,2,4-5H2,1H3,(H,12,13). The molecule has 1 aliphatic heterocycles. The van der Waals surface area contributed by atoms with Crippen LogP contribution in [0.25, 0.3) is 0 Å². The highest BCUT2D eigenvalue weighted by molar-refractivity contribution is 8.02. The Kier molecular flexibility index (Phi) is 2.99. The number of thiazole rings is 1. The lowest BCUT2D eigenvalue weighted by molar-refractivity contribution is -0.138. The molecule has 0 saturated carbocycles. The molecule has 1 fully saturated rings. The smallest absolute Gasteiger partial charge is 0.304 e. The number of carbonyl (C=O) groups is 1. The summed E-state index contributed by atoms with van der Waals surface area (Å²) < 4.78 is 0.783. The molecule has 15 heavy (non-hydrogen) atoms. The molecule has 0 unspecified atom stereocenters. The van der Waals surface area contributed by atoms with Crippen LogP contribution in [0, 0.1) is 6.92 Å². The summed E-state index contributed by atoms with van der Waals surface area (Å²) in [6.45, 7) is 3.45. The Morgan fingerprint density at radius 3 is 2.93 bits per heavy atom. The van der Waals surface area contributed by atoms with Crippen LogP contribution in [0.1, 0.15) is 12.1 Å². The third-order valence-corrected chi connectivity index (χ3v) is 4.69. The fourth-order valence-electron chi connectivity index (χ4n) is 1.48. The van der Waals surface area contributed by atoms with Crippen LogP contribution in [0.15, 0.2) is 9.72 Å². The predicted octanol–water partition coefficient (Wildman–Crippen LogP) is 1.36. The summed E-state index contributed by atoms with van der Waals surface area (Å²) >= 11 is 3.17. The minimum atomic E-state index is -0.739. The molecule has 1 aromatic heterocycles. The lowest BCUT2D eigenvalue weighted by Gasteiger charge is -2.40. The average Bonchev–Trinajstić information content (AvgIpc) is 2.46. The van der Waals surface area contributed by atoms with Gasteiger partial charge in [0.2, 0.25) is 0 Å². The van der Waals surface area contributed by atoms with Crippen LogP contribution in [0.4, 0.5) is 0 Å². The number of aromatic nitrogens is 1. The van der Waals surface area contributed by atoms with Crippen molar-refractivity contribution in [3.63, 3.8) is 0 Å². The number of aliphatic carboxylic acids is 1. The Hall–Kier alpha value is -0.590. The second-order valence-electron chi connectivity index (χ2n) is 3.71. The molecule has 4 nitrogen and oxygen atoms in total. The quantitative estimate of drug-likeness (QED) is 0.837. The zero-order valence-electron chi connectivity index (χ0n) is 8.32. The van der Waals surface area contributed by atoms with E-state index in [1.807, 2.05) is 12.3 Å². The minimum absolute atomic E-state index is 0.184. The summed E-state index contributed by atoms with van der Waals surface area (Å²) in [6, 6.07) is 0. The Morgan fingerprint density at radius 1 is 1.80 bits per heavy atom. The monoisotopic (exact) mass is 244 g/mol. The van der Waals surface area contributed by atoms with Gasteiger partial charge in [-0.1, -0.05) is 11.8 Å². The van der Waals surface area contributed by atoms with Crippen molar-refractivity contribution in [1.82, 2.24) is 10.3 Å². The molecule has 2 heterocycles. The molecule has 0 aliphatic carbocycles. The van der Waals surface area contributed by atoms with Crippen LogP contribution < -0.4 is 5.32 Å². The van der Waals surface area contributed by atoms with Crippen molar-refractivity contribution in [2.75, 3.05) is 13.1 Å². The Morgan fingerprint density at radius 2 is 2.53 bits per heavy atom. The Bertz CT molecular complexity index is 374. The van der Waals surface area contributed by atoms with E-state index in [-0.39, 0.29) is 11.2 Å². The van der Waals surface area contributed by atoms with Gasteiger partial charge in [0.25, 0.3) is 0 Å². The normalized spacial score (nSPS) is 18.5. The zero-order valence-corrected chi connectivity index (χ0v) is 9.95. The van der Waals surface area contributed by atoms with Gasteiger partial charge in [0.05, 0.1) is 11.2 Å². The predicted molar refractivity (Wildman–Crippen MR) is 60.6 cm³/mol. The van der Waals surface area contributed by atoms with Gasteiger partial charge in [-0.3, -0.25) is 4.79 Å². The number of nitrogens with one attached hydrogen (secondary N) is 1. The third kappa shape index (κ3) is 2.50. The van der Waals surface area contributed by atoms with Gasteiger partial charge >= 0.3 is 5.97 Å². The second kappa shape index (κ2) is 4.11. The fourth-order valence-corrected chi connectivity index (χ4v) is 3.97. The number of rotatable bonds is 4. The number of nitrogens with zero attached hydrogens (tertiary/aromatic N) is 1. The first kappa shape index (κ1) is 10.9. The summed E-state index contributed by atoms with van der Waals surface area (Å²) in [6.07, 6.45) is 0.198. The molecule has 82 valence electrons. The summed E-state index contributed by atoms with van der Waals surface area (Å²) in [5.74, 6) is -0.739. The molecular weight excluding hydrogens is 232 g/mol. The van der Waals surface area contributed by atoms with Crippen molar-refractivity contribution in [1.29, 1.82) is 0 Å². The van der Waals surface area contributed by atoms with Crippen LogP contribution >= 0.6 is 23.1 Å². The minimum Gasteiger partial charge on any atom is -0.481 e. The Labute approximate surface area is 96.1 Å². The van der Waals surface area contributed by atoms with E-state index in [9.17, 15) is 4.79 Å². The molecule has 0 radical (unpaired) electrons. The molecule has 0 amide bonds. The van der Waals surface area contributed by atoms with Crippen molar-refractivity contribution >= 4 is 29.1 Å². The first-order valence-electron chi connectivity index (χ1n) is 4.63. The molecule has 0 spiro atoms. The van der Waals surface area contributed by atoms with Gasteiger partial charge in [-0.15, -0.1) is 11.3 Å². The highest BCUT2D eigenvalue weighted by atomic mass is 32.2. The van der Waals surface area contributed by atoms with Crippen molar-refractivity contribution in [2.45, 2.75) is 22.4 Å². The molecule has 1 aliphatic rings. The van der Waals surface area contributed by atoms with Crippen LogP contribution in [0.3, 0.4) is 0 Å². The number of aryl methyl sites for hydroxylation is 1. The van der Waals surface area contributed by atoms with Crippen LogP contribution in [0.2, 0.25) is 0 Å². The zero-order chi connectivity index (χ0) is 10.9. The highest BCUT2D eigenvalue weighted by Gasteiger charge is 2.40. The molecular formula is C9H12N2O2S2. The van der Waals surface area contributed by atoms with Gasteiger partial charge in [0.15, 0.2) is 4.34 Å². The van der Waals surface area contributed by atoms with Crippen molar-refractivity contribution in [2.24, 2.45) is 0 Å². The molecule has 2 rings (SSSR count). The number of hydrogen-bond acceptors (Lipinski definition) is 5. The molecule has 0 bridgehead atoms. The first-order chi connectivity index (χ1) is 7.10. The number of thioether (sulfide) groups is 1. The van der Waals surface area contributed by atoms with Crippen LogP contribution in [0.5, 0.6) is 0 Å². The summed E-state index contributed by atoms with van der Waals surface area (Å²) in [5.41, 5.74) is 1.00. The summed E-state index contributed by atoms with van der Waals surface area (Å²) in [4.78, 5) is 15.1. The molecule has 1 aromatic rings. The number of carboxylic acids is 1. The van der Waals surface area contributed by atoms with E-state index in [0.29, 0.717) is 0 Å². The molecule has 0 aromatic carbocycles. The SMILES string of the molecule is Cc1csc(SC2(CC(=O)O)CNC2)n1. The lowest BCUT2D eigenvalue weighted by atomic mass is 9.98. The van der Waals surface area contributed by atoms with Crippen molar-refractivity contribution in [3.05, 3.63) is 11.1 Å². The molecule has 6 heteroatoms. The third-order valence-electron chi connectivity index (χ3n) is 2.27. The highest BCUT2D eigenvalue weighted by Crippen LogP contribution is 2.39. The van der Waals surface area contributed by atoms with Gasteiger partial charge in [-0.2, -0.15) is 0 Å². The molecule has 2 N–H and O–H groups in total. The maximum atomic E-state index is 10.7. The second-order valence-corrected chi connectivity index (χ2v) is 6.29. The summed E-state index contributed by atoms with van der Waals surface area (Å²) in [5, 5.41) is 14.0. The van der Waals surface area contributed by atoms with E-state index >= 15 is 0 Å². The van der Waals surface area contributed by atoms with Crippen molar-refractivity contribution in [3.8, 4) is 0 Å². The topological polar surface area (TPSA) is 62.2 Å². The number of carboxylic acid groups (broad SMARTS) is 1. The molecule has 1 saturated heterocycles. The van der Waals surface area contributed by atoms with E-state index in [1.54, 1.807) is 23.1 Å². The maximum Gasteiger partial charge on any atom is 0.304 e. The van der Waals surface area contributed by atoms with E-state index in [0.717, 1.165) is 23.1 Å². The fraction of sp³-hybridized carbons (Fsp3) is 0.556. The molecule has 0 atom stereocenters. The van der Waals surface area contributed by atoms with Crippen LogP contribution in [-0.4, -0.2) is 33.9 Å². The van der Waals surface area contributed by atoms with Gasteiger partial charge in [-0.05, 0) is 6.92 Å². The first-order valence-corrected chi connectivity index (χ1v) is 6.33. The van der Waals surface area contributed by atoms with E-state index in [2.05, 4.69) is 10.3 Å². The van der Waals surface area contributed by atoms with Gasteiger partial charge in [0, 0.05) is 24.2 Å². The van der Waals surface area contributed by atoms with Gasteiger partial charge < -0.3 is 10.4 Å². The van der Waals surface area contributed by atoms with E-state index in [1.165, 1.54) is 0 Å². The van der Waals surface area contributed by atoms with E-state index in [4.69, 9.17) is 5.11 Å². The van der Waals surface area contributed by atoms with Crippen LogP contribution in [-0.2, 0) is 4.79 Å². The average molecular weight is 244 g/mol. The largest absolute Gasteiger partial charge is 0.481 e. The summed E-state index contributed by atoms with van der Waals surface area (Å²) in [7, 11) is 0. The lowest BCUT2D eigenvalue weighted by Crippen LogP contribution is -2.57. The van der Waals surface area contributed by atoms with E-state index < -0.39 is 5.97 Å². The van der Waals surface area contributed by atoms with Gasteiger partial charge in [-0.25, -0.2) is 4.98 Å².